The SMILES string of the molecule is CCC[C@@H](N)c1ccc(C#N)nc1. The number of hydrogen-bond donors (Lipinski definition) is 1. The van der Waals surface area contributed by atoms with Crippen molar-refractivity contribution < 1.29 is 0 Å². The molecular formula is C10H13N3. The molecule has 1 rings (SSSR count). The molecule has 0 fully saturated rings. The van der Waals surface area contributed by atoms with Gasteiger partial charge in [0.2, 0.25) is 0 Å². The fourth-order valence-electron chi connectivity index (χ4n) is 1.17. The molecule has 0 radical (unpaired) electrons. The number of hydrogen-bond acceptors (Lipinski definition) is 3. The molecule has 0 amide bonds. The van der Waals surface area contributed by atoms with E-state index >= 15 is 0 Å². The maximum absolute atomic E-state index is 8.53. The molecular weight excluding hydrogens is 162 g/mol. The van der Waals surface area contributed by atoms with Crippen molar-refractivity contribution in [3.63, 3.8) is 0 Å². The van der Waals surface area contributed by atoms with Gasteiger partial charge in [0, 0.05) is 12.2 Å². The monoisotopic (exact) mass is 175 g/mol. The van der Waals surface area contributed by atoms with Crippen molar-refractivity contribution in [3.8, 4) is 6.07 Å². The van der Waals surface area contributed by atoms with Gasteiger partial charge in [0.05, 0.1) is 0 Å². The maximum atomic E-state index is 8.53. The van der Waals surface area contributed by atoms with Crippen LogP contribution in [0.4, 0.5) is 0 Å². The van der Waals surface area contributed by atoms with Gasteiger partial charge in [-0.1, -0.05) is 19.4 Å². The van der Waals surface area contributed by atoms with E-state index in [1.54, 1.807) is 12.3 Å². The first-order valence-electron chi connectivity index (χ1n) is 4.39. The van der Waals surface area contributed by atoms with Crippen LogP contribution in [-0.4, -0.2) is 4.98 Å². The van der Waals surface area contributed by atoms with E-state index in [1.807, 2.05) is 12.1 Å². The number of pyridine rings is 1. The van der Waals surface area contributed by atoms with Crippen molar-refractivity contribution in [2.45, 2.75) is 25.8 Å². The smallest absolute Gasteiger partial charge is 0.140 e. The zero-order valence-electron chi connectivity index (χ0n) is 7.70. The first-order chi connectivity index (χ1) is 6.27. The highest BCUT2D eigenvalue weighted by molar-refractivity contribution is 5.24. The first-order valence-corrected chi connectivity index (χ1v) is 4.39. The van der Waals surface area contributed by atoms with E-state index in [2.05, 4.69) is 11.9 Å². The van der Waals surface area contributed by atoms with Gasteiger partial charge in [-0.05, 0) is 18.1 Å². The zero-order valence-corrected chi connectivity index (χ0v) is 7.70. The summed E-state index contributed by atoms with van der Waals surface area (Å²) in [5, 5.41) is 8.53. The molecule has 0 aliphatic heterocycles. The summed E-state index contributed by atoms with van der Waals surface area (Å²) in [6.07, 6.45) is 3.69. The van der Waals surface area contributed by atoms with Gasteiger partial charge in [0.25, 0.3) is 0 Å². The van der Waals surface area contributed by atoms with Gasteiger partial charge in [-0.15, -0.1) is 0 Å². The van der Waals surface area contributed by atoms with Gasteiger partial charge >= 0.3 is 0 Å². The fourth-order valence-corrected chi connectivity index (χ4v) is 1.17. The molecule has 3 heteroatoms. The van der Waals surface area contributed by atoms with Gasteiger partial charge in [-0.2, -0.15) is 5.26 Å². The third-order valence-electron chi connectivity index (χ3n) is 1.93. The summed E-state index contributed by atoms with van der Waals surface area (Å²) in [6, 6.07) is 5.59. The van der Waals surface area contributed by atoms with Gasteiger partial charge in [0.15, 0.2) is 0 Å². The van der Waals surface area contributed by atoms with Crippen molar-refractivity contribution >= 4 is 0 Å². The number of nitriles is 1. The van der Waals surface area contributed by atoms with Crippen molar-refractivity contribution in [2.75, 3.05) is 0 Å². The largest absolute Gasteiger partial charge is 0.324 e. The molecule has 0 aliphatic rings. The van der Waals surface area contributed by atoms with Crippen LogP contribution in [0, 0.1) is 11.3 Å². The highest BCUT2D eigenvalue weighted by Crippen LogP contribution is 2.14. The van der Waals surface area contributed by atoms with E-state index in [-0.39, 0.29) is 6.04 Å². The van der Waals surface area contributed by atoms with E-state index in [0.717, 1.165) is 18.4 Å². The summed E-state index contributed by atoms with van der Waals surface area (Å²) in [7, 11) is 0. The third kappa shape index (κ3) is 2.53. The Hall–Kier alpha value is -1.40. The van der Waals surface area contributed by atoms with E-state index in [1.165, 1.54) is 0 Å². The molecule has 3 nitrogen and oxygen atoms in total. The van der Waals surface area contributed by atoms with Crippen LogP contribution in [0.15, 0.2) is 18.3 Å². The quantitative estimate of drug-likeness (QED) is 0.761. The molecule has 0 saturated carbocycles. The second-order valence-corrected chi connectivity index (χ2v) is 2.98. The number of rotatable bonds is 3. The van der Waals surface area contributed by atoms with Crippen molar-refractivity contribution in [1.82, 2.24) is 4.98 Å². The van der Waals surface area contributed by atoms with Crippen molar-refractivity contribution in [2.24, 2.45) is 5.73 Å². The predicted octanol–water partition coefficient (Wildman–Crippen LogP) is 1.75. The van der Waals surface area contributed by atoms with E-state index in [4.69, 9.17) is 11.0 Å². The van der Waals surface area contributed by atoms with E-state index in [9.17, 15) is 0 Å². The van der Waals surface area contributed by atoms with Crippen LogP contribution in [0.2, 0.25) is 0 Å². The van der Waals surface area contributed by atoms with Crippen LogP contribution in [-0.2, 0) is 0 Å². The molecule has 1 atom stereocenters. The number of nitrogens with two attached hydrogens (primary N) is 1. The zero-order chi connectivity index (χ0) is 9.68. The molecule has 0 unspecified atom stereocenters. The van der Waals surface area contributed by atoms with Gasteiger partial charge in [0.1, 0.15) is 11.8 Å². The number of nitrogens with zero attached hydrogens (tertiary/aromatic N) is 2. The standard InChI is InChI=1S/C10H13N3/c1-2-3-10(12)8-4-5-9(6-11)13-7-8/h4-5,7,10H,2-3,12H2,1H3/t10-/m1/s1. The Bertz CT molecular complexity index is 297. The minimum Gasteiger partial charge on any atom is -0.324 e. The third-order valence-corrected chi connectivity index (χ3v) is 1.93. The van der Waals surface area contributed by atoms with Crippen LogP contribution in [0.25, 0.3) is 0 Å². The van der Waals surface area contributed by atoms with Gasteiger partial charge < -0.3 is 5.73 Å². The van der Waals surface area contributed by atoms with Gasteiger partial charge in [-0.3, -0.25) is 0 Å². The summed E-state index contributed by atoms with van der Waals surface area (Å²) in [4.78, 5) is 3.96. The Morgan fingerprint density at radius 3 is 2.85 bits per heavy atom. The molecule has 0 saturated heterocycles. The Labute approximate surface area is 78.2 Å². The Balaban J connectivity index is 2.75. The Morgan fingerprint density at radius 2 is 2.38 bits per heavy atom. The lowest BCUT2D eigenvalue weighted by molar-refractivity contribution is 0.636. The number of aromatic nitrogens is 1. The van der Waals surface area contributed by atoms with E-state index in [0.29, 0.717) is 5.69 Å². The van der Waals surface area contributed by atoms with Crippen LogP contribution in [0.5, 0.6) is 0 Å². The molecule has 1 aromatic rings. The van der Waals surface area contributed by atoms with Crippen LogP contribution in [0.1, 0.15) is 37.1 Å². The second-order valence-electron chi connectivity index (χ2n) is 2.98. The lowest BCUT2D eigenvalue weighted by atomic mass is 10.1. The summed E-state index contributed by atoms with van der Waals surface area (Å²) >= 11 is 0. The van der Waals surface area contributed by atoms with E-state index < -0.39 is 0 Å². The average molecular weight is 175 g/mol. The fraction of sp³-hybridized carbons (Fsp3) is 0.400. The average Bonchev–Trinajstić information content (AvgIpc) is 2.18. The Kier molecular flexibility index (Phi) is 3.41. The van der Waals surface area contributed by atoms with Crippen LogP contribution < -0.4 is 5.73 Å². The molecule has 1 heterocycles. The lowest BCUT2D eigenvalue weighted by Crippen LogP contribution is -2.09. The van der Waals surface area contributed by atoms with Gasteiger partial charge in [-0.25, -0.2) is 4.98 Å². The predicted molar refractivity (Wildman–Crippen MR) is 50.8 cm³/mol. The summed E-state index contributed by atoms with van der Waals surface area (Å²) in [5.74, 6) is 0. The molecule has 68 valence electrons. The first kappa shape index (κ1) is 9.69. The van der Waals surface area contributed by atoms with Crippen molar-refractivity contribution in [3.05, 3.63) is 29.6 Å². The minimum absolute atomic E-state index is 0.0465. The summed E-state index contributed by atoms with van der Waals surface area (Å²) in [5.41, 5.74) is 7.31. The topological polar surface area (TPSA) is 62.7 Å². The van der Waals surface area contributed by atoms with Crippen LogP contribution >= 0.6 is 0 Å². The van der Waals surface area contributed by atoms with Crippen molar-refractivity contribution in [1.29, 1.82) is 5.26 Å². The highest BCUT2D eigenvalue weighted by atomic mass is 14.7. The molecule has 0 spiro atoms. The Morgan fingerprint density at radius 1 is 1.62 bits per heavy atom. The lowest BCUT2D eigenvalue weighted by Gasteiger charge is -2.09. The molecule has 0 aliphatic carbocycles. The highest BCUT2D eigenvalue weighted by Gasteiger charge is 2.04. The molecule has 13 heavy (non-hydrogen) atoms. The normalized spacial score (nSPS) is 12.1. The maximum Gasteiger partial charge on any atom is 0.140 e. The minimum atomic E-state index is 0.0465. The van der Waals surface area contributed by atoms with Crippen LogP contribution in [0.3, 0.4) is 0 Å². The summed E-state index contributed by atoms with van der Waals surface area (Å²) in [6.45, 7) is 2.09. The second kappa shape index (κ2) is 4.58. The summed E-state index contributed by atoms with van der Waals surface area (Å²) < 4.78 is 0. The molecule has 1 aromatic heterocycles. The molecule has 0 bridgehead atoms. The molecule has 2 N–H and O–H groups in total. The molecule has 0 aromatic carbocycles.